The molecule has 0 aliphatic heterocycles. The molecule has 1 aromatic rings. The highest BCUT2D eigenvalue weighted by Gasteiger charge is 2.23. The van der Waals surface area contributed by atoms with Crippen molar-refractivity contribution in [2.45, 2.75) is 64.8 Å². The molecule has 1 aliphatic carbocycles. The van der Waals surface area contributed by atoms with Gasteiger partial charge >= 0.3 is 5.97 Å². The lowest BCUT2D eigenvalue weighted by atomic mass is 9.84. The van der Waals surface area contributed by atoms with Gasteiger partial charge in [-0.1, -0.05) is 33.1 Å². The Bertz CT molecular complexity index is 496. The molecule has 0 bridgehead atoms. The fourth-order valence-electron chi connectivity index (χ4n) is 2.94. The monoisotopic (exact) mass is 291 g/mol. The van der Waals surface area contributed by atoms with Crippen LogP contribution >= 0.6 is 0 Å². The van der Waals surface area contributed by atoms with Crippen LogP contribution in [0.1, 0.15) is 75.1 Å². The zero-order valence-electron chi connectivity index (χ0n) is 13.1. The molecule has 2 rings (SSSR count). The maximum absolute atomic E-state index is 11.4. The number of carboxylic acid groups (broad SMARTS) is 1. The molecule has 0 spiro atoms. The van der Waals surface area contributed by atoms with E-state index >= 15 is 0 Å². The van der Waals surface area contributed by atoms with Crippen molar-refractivity contribution in [3.05, 3.63) is 17.7 Å². The van der Waals surface area contributed by atoms with Gasteiger partial charge in [0.1, 0.15) is 5.82 Å². The fraction of sp³-hybridized carbons (Fsp3) is 0.688. The number of aromatic carboxylic acids is 1. The van der Waals surface area contributed by atoms with E-state index < -0.39 is 5.97 Å². The number of nitrogens with one attached hydrogen (secondary N) is 1. The number of hydrogen-bond acceptors (Lipinski definition) is 4. The van der Waals surface area contributed by atoms with Gasteiger partial charge in [-0.15, -0.1) is 0 Å². The third kappa shape index (κ3) is 3.93. The van der Waals surface area contributed by atoms with Crippen LogP contribution in [0.4, 0.5) is 5.69 Å². The SMILES string of the molecule is CC(C)c1ncc(NC(C)C2CCCCC2)c(C(=O)O)n1. The van der Waals surface area contributed by atoms with Gasteiger partial charge in [0.2, 0.25) is 0 Å². The van der Waals surface area contributed by atoms with Crippen molar-refractivity contribution in [2.24, 2.45) is 5.92 Å². The van der Waals surface area contributed by atoms with Gasteiger partial charge in [0, 0.05) is 12.0 Å². The Labute approximate surface area is 126 Å². The number of aromatic nitrogens is 2. The summed E-state index contributed by atoms with van der Waals surface area (Å²) < 4.78 is 0. The van der Waals surface area contributed by atoms with Gasteiger partial charge < -0.3 is 10.4 Å². The third-order valence-electron chi connectivity index (χ3n) is 4.27. The summed E-state index contributed by atoms with van der Waals surface area (Å²) in [6.07, 6.45) is 7.89. The first kappa shape index (κ1) is 15.7. The summed E-state index contributed by atoms with van der Waals surface area (Å²) in [5, 5.41) is 12.7. The normalized spacial score (nSPS) is 17.7. The van der Waals surface area contributed by atoms with Crippen molar-refractivity contribution in [1.82, 2.24) is 9.97 Å². The van der Waals surface area contributed by atoms with Crippen LogP contribution < -0.4 is 5.32 Å². The molecule has 0 aromatic carbocycles. The Morgan fingerprint density at radius 1 is 1.29 bits per heavy atom. The van der Waals surface area contributed by atoms with Gasteiger partial charge in [-0.05, 0) is 25.7 Å². The van der Waals surface area contributed by atoms with Gasteiger partial charge in [0.15, 0.2) is 5.69 Å². The quantitative estimate of drug-likeness (QED) is 0.865. The van der Waals surface area contributed by atoms with Crippen molar-refractivity contribution in [3.63, 3.8) is 0 Å². The van der Waals surface area contributed by atoms with E-state index in [9.17, 15) is 9.90 Å². The number of carboxylic acids is 1. The summed E-state index contributed by atoms with van der Waals surface area (Å²) in [5.74, 6) is 0.291. The highest BCUT2D eigenvalue weighted by atomic mass is 16.4. The molecule has 116 valence electrons. The molecule has 1 fully saturated rings. The molecular formula is C16H25N3O2. The summed E-state index contributed by atoms with van der Waals surface area (Å²) in [5.41, 5.74) is 0.612. The maximum atomic E-state index is 11.4. The van der Waals surface area contributed by atoms with Crippen LogP contribution in [0.15, 0.2) is 6.20 Å². The predicted molar refractivity (Wildman–Crippen MR) is 82.7 cm³/mol. The molecule has 2 N–H and O–H groups in total. The molecule has 0 radical (unpaired) electrons. The lowest BCUT2D eigenvalue weighted by Gasteiger charge is -2.29. The molecule has 5 heteroatoms. The van der Waals surface area contributed by atoms with Crippen LogP contribution in [-0.4, -0.2) is 27.1 Å². The number of anilines is 1. The van der Waals surface area contributed by atoms with Crippen LogP contribution in [0.2, 0.25) is 0 Å². The number of rotatable bonds is 5. The largest absolute Gasteiger partial charge is 0.476 e. The molecular weight excluding hydrogens is 266 g/mol. The van der Waals surface area contributed by atoms with Gasteiger partial charge in [-0.25, -0.2) is 14.8 Å². The average Bonchev–Trinajstić information content (AvgIpc) is 2.48. The summed E-state index contributed by atoms with van der Waals surface area (Å²) in [6.45, 7) is 6.04. The second-order valence-electron chi connectivity index (χ2n) is 6.28. The first-order valence-electron chi connectivity index (χ1n) is 7.85. The van der Waals surface area contributed by atoms with E-state index in [-0.39, 0.29) is 17.7 Å². The zero-order chi connectivity index (χ0) is 15.4. The second kappa shape index (κ2) is 6.87. The van der Waals surface area contributed by atoms with Crippen molar-refractivity contribution < 1.29 is 9.90 Å². The van der Waals surface area contributed by atoms with E-state index in [4.69, 9.17) is 0 Å². The lowest BCUT2D eigenvalue weighted by Crippen LogP contribution is -2.29. The summed E-state index contributed by atoms with van der Waals surface area (Å²) in [7, 11) is 0. The van der Waals surface area contributed by atoms with Crippen LogP contribution in [-0.2, 0) is 0 Å². The highest BCUT2D eigenvalue weighted by Crippen LogP contribution is 2.28. The Kier molecular flexibility index (Phi) is 5.15. The molecule has 1 aliphatic rings. The molecule has 1 heterocycles. The molecule has 21 heavy (non-hydrogen) atoms. The van der Waals surface area contributed by atoms with E-state index in [0.29, 0.717) is 17.4 Å². The second-order valence-corrected chi connectivity index (χ2v) is 6.28. The van der Waals surface area contributed by atoms with E-state index in [1.807, 2.05) is 13.8 Å². The van der Waals surface area contributed by atoms with Crippen LogP contribution in [0.5, 0.6) is 0 Å². The molecule has 0 amide bonds. The number of hydrogen-bond donors (Lipinski definition) is 2. The van der Waals surface area contributed by atoms with E-state index in [1.54, 1.807) is 6.20 Å². The highest BCUT2D eigenvalue weighted by molar-refractivity contribution is 5.91. The smallest absolute Gasteiger partial charge is 0.356 e. The Balaban J connectivity index is 2.16. The van der Waals surface area contributed by atoms with Gasteiger partial charge in [-0.3, -0.25) is 0 Å². The average molecular weight is 291 g/mol. The molecule has 1 aromatic heterocycles. The Morgan fingerprint density at radius 2 is 1.95 bits per heavy atom. The van der Waals surface area contributed by atoms with Gasteiger partial charge in [0.05, 0.1) is 11.9 Å². The first-order chi connectivity index (χ1) is 9.99. The Hall–Kier alpha value is -1.65. The van der Waals surface area contributed by atoms with Crippen molar-refractivity contribution in [3.8, 4) is 0 Å². The minimum Gasteiger partial charge on any atom is -0.476 e. The van der Waals surface area contributed by atoms with Crippen LogP contribution in [0.3, 0.4) is 0 Å². The number of nitrogens with zero attached hydrogens (tertiary/aromatic N) is 2. The minimum absolute atomic E-state index is 0.0800. The molecule has 1 atom stereocenters. The van der Waals surface area contributed by atoms with Gasteiger partial charge in [0.25, 0.3) is 0 Å². The van der Waals surface area contributed by atoms with Gasteiger partial charge in [-0.2, -0.15) is 0 Å². The van der Waals surface area contributed by atoms with E-state index in [1.165, 1.54) is 32.1 Å². The van der Waals surface area contributed by atoms with Crippen LogP contribution in [0.25, 0.3) is 0 Å². The van der Waals surface area contributed by atoms with Crippen LogP contribution in [0, 0.1) is 5.92 Å². The lowest BCUT2D eigenvalue weighted by molar-refractivity contribution is 0.0691. The Morgan fingerprint density at radius 3 is 2.52 bits per heavy atom. The summed E-state index contributed by atoms with van der Waals surface area (Å²) in [4.78, 5) is 19.9. The van der Waals surface area contributed by atoms with Crippen molar-refractivity contribution in [1.29, 1.82) is 0 Å². The third-order valence-corrected chi connectivity index (χ3v) is 4.27. The minimum atomic E-state index is -1.00. The van der Waals surface area contributed by atoms with E-state index in [2.05, 4.69) is 22.2 Å². The topological polar surface area (TPSA) is 75.1 Å². The zero-order valence-corrected chi connectivity index (χ0v) is 13.1. The molecule has 1 saturated carbocycles. The number of carbonyl (C=O) groups is 1. The standard InChI is InChI=1S/C16H25N3O2/c1-10(2)15-17-9-13(14(19-15)16(20)21)18-11(3)12-7-5-4-6-8-12/h9-12,18H,4-8H2,1-3H3,(H,20,21). The predicted octanol–water partition coefficient (Wildman–Crippen LogP) is 3.68. The van der Waals surface area contributed by atoms with Crippen molar-refractivity contribution in [2.75, 3.05) is 5.32 Å². The molecule has 0 saturated heterocycles. The fourth-order valence-corrected chi connectivity index (χ4v) is 2.94. The maximum Gasteiger partial charge on any atom is 0.356 e. The summed E-state index contributed by atoms with van der Waals surface area (Å²) in [6, 6.07) is 0.247. The molecule has 5 nitrogen and oxygen atoms in total. The van der Waals surface area contributed by atoms with E-state index in [0.717, 1.165) is 0 Å². The first-order valence-corrected chi connectivity index (χ1v) is 7.85. The van der Waals surface area contributed by atoms with Crippen molar-refractivity contribution >= 4 is 11.7 Å². The summed E-state index contributed by atoms with van der Waals surface area (Å²) >= 11 is 0. The molecule has 1 unspecified atom stereocenters.